The summed E-state index contributed by atoms with van der Waals surface area (Å²) in [6.45, 7) is 0.927. The van der Waals surface area contributed by atoms with Crippen LogP contribution in [0.15, 0.2) is 56.4 Å². The van der Waals surface area contributed by atoms with E-state index in [4.69, 9.17) is 9.15 Å². The third kappa shape index (κ3) is 3.85. The molecule has 138 valence electrons. The Morgan fingerprint density at radius 3 is 2.85 bits per heavy atom. The molecule has 0 radical (unpaired) electrons. The minimum Gasteiger partial charge on any atom is -0.458 e. The van der Waals surface area contributed by atoms with E-state index in [1.807, 2.05) is 12.1 Å². The number of nitrogens with zero attached hydrogens (tertiary/aromatic N) is 3. The van der Waals surface area contributed by atoms with Crippen LogP contribution >= 0.6 is 15.9 Å². The topological polar surface area (TPSA) is 85.5 Å². The fourth-order valence-electron chi connectivity index (χ4n) is 3.11. The predicted octanol–water partition coefficient (Wildman–Crippen LogP) is 3.03. The number of rotatable bonds is 3. The lowest BCUT2D eigenvalue weighted by Gasteiger charge is -2.32. The van der Waals surface area contributed by atoms with Gasteiger partial charge in [0.15, 0.2) is 0 Å². The molecule has 2 aromatic heterocycles. The lowest BCUT2D eigenvalue weighted by atomic mass is 10.1. The van der Waals surface area contributed by atoms with Gasteiger partial charge in [-0.2, -0.15) is 0 Å². The third-order valence-corrected chi connectivity index (χ3v) is 4.82. The molecule has 1 aromatic carbocycles. The molecule has 1 saturated heterocycles. The minimum atomic E-state index is -0.627. The second-order valence-electron chi connectivity index (χ2n) is 6.30. The number of hydrogen-bond acceptors (Lipinski definition) is 6. The van der Waals surface area contributed by atoms with Gasteiger partial charge in [0.25, 0.3) is 5.91 Å². The van der Waals surface area contributed by atoms with Crippen LogP contribution in [0.4, 0.5) is 0 Å². The normalized spacial score (nSPS) is 17.1. The van der Waals surface area contributed by atoms with Crippen molar-refractivity contribution in [2.24, 2.45) is 0 Å². The molecule has 0 saturated carbocycles. The highest BCUT2D eigenvalue weighted by molar-refractivity contribution is 9.10. The van der Waals surface area contributed by atoms with Crippen LogP contribution in [0.3, 0.4) is 0 Å². The molecule has 3 aromatic rings. The molecular formula is C19H16BrN3O4. The number of hydrogen-bond donors (Lipinski definition) is 0. The van der Waals surface area contributed by atoms with E-state index in [2.05, 4.69) is 25.9 Å². The Kier molecular flexibility index (Phi) is 4.89. The second kappa shape index (κ2) is 7.48. The van der Waals surface area contributed by atoms with Gasteiger partial charge in [0, 0.05) is 24.3 Å². The highest BCUT2D eigenvalue weighted by atomic mass is 79.9. The van der Waals surface area contributed by atoms with Gasteiger partial charge >= 0.3 is 11.6 Å². The van der Waals surface area contributed by atoms with Gasteiger partial charge in [-0.3, -0.25) is 4.79 Å². The summed E-state index contributed by atoms with van der Waals surface area (Å²) in [6.07, 6.45) is 4.54. The van der Waals surface area contributed by atoms with Gasteiger partial charge in [0.2, 0.25) is 0 Å². The average molecular weight is 430 g/mol. The van der Waals surface area contributed by atoms with Crippen molar-refractivity contribution >= 4 is 32.8 Å². The molecule has 0 aliphatic carbocycles. The van der Waals surface area contributed by atoms with Crippen molar-refractivity contribution in [3.05, 3.63) is 63.2 Å². The first kappa shape index (κ1) is 17.7. The number of likely N-dealkylation sites (tertiary alicyclic amines) is 1. The second-order valence-corrected chi connectivity index (χ2v) is 7.22. The lowest BCUT2D eigenvalue weighted by Crippen LogP contribution is -2.45. The van der Waals surface area contributed by atoms with Gasteiger partial charge in [-0.15, -0.1) is 0 Å². The van der Waals surface area contributed by atoms with E-state index in [1.54, 1.807) is 35.5 Å². The van der Waals surface area contributed by atoms with E-state index in [-0.39, 0.29) is 23.6 Å². The van der Waals surface area contributed by atoms with Crippen molar-refractivity contribution in [2.75, 3.05) is 13.1 Å². The minimum absolute atomic E-state index is 0.0363. The predicted molar refractivity (Wildman–Crippen MR) is 102 cm³/mol. The van der Waals surface area contributed by atoms with Crippen LogP contribution < -0.4 is 10.4 Å². The molecule has 1 aliphatic heterocycles. The Bertz CT molecular complexity index is 1040. The molecule has 1 aliphatic rings. The SMILES string of the molecule is O=C(c1cc2ccccc2oc1=O)N1CCCC(Oc2ncc(Br)cn2)C1. The summed E-state index contributed by atoms with van der Waals surface area (Å²) in [5, 5.41) is 0.716. The molecule has 1 unspecified atom stereocenters. The maximum atomic E-state index is 12.9. The Hall–Kier alpha value is -2.74. The molecule has 3 heterocycles. The van der Waals surface area contributed by atoms with Gasteiger partial charge in [-0.05, 0) is 40.9 Å². The summed E-state index contributed by atoms with van der Waals surface area (Å²) in [5.74, 6) is -0.348. The summed E-state index contributed by atoms with van der Waals surface area (Å²) in [4.78, 5) is 35.0. The van der Waals surface area contributed by atoms with Crippen LogP contribution in [0.2, 0.25) is 0 Å². The zero-order valence-corrected chi connectivity index (χ0v) is 15.9. The van der Waals surface area contributed by atoms with Crippen molar-refractivity contribution in [2.45, 2.75) is 18.9 Å². The third-order valence-electron chi connectivity index (χ3n) is 4.41. The molecule has 0 N–H and O–H groups in total. The molecule has 0 bridgehead atoms. The van der Waals surface area contributed by atoms with E-state index in [0.717, 1.165) is 17.3 Å². The van der Waals surface area contributed by atoms with Crippen LogP contribution in [0, 0.1) is 0 Å². The maximum absolute atomic E-state index is 12.9. The van der Waals surface area contributed by atoms with Gasteiger partial charge < -0.3 is 14.1 Å². The number of carbonyl (C=O) groups excluding carboxylic acids is 1. The molecule has 4 rings (SSSR count). The first-order valence-corrected chi connectivity index (χ1v) is 9.36. The summed E-state index contributed by atoms with van der Waals surface area (Å²) in [5.41, 5.74) is -0.126. The zero-order valence-electron chi connectivity index (χ0n) is 14.3. The van der Waals surface area contributed by atoms with Crippen LogP contribution in [-0.4, -0.2) is 40.0 Å². The standard InChI is InChI=1S/C19H16BrN3O4/c20-13-9-21-19(22-10-13)26-14-5-3-7-23(11-14)17(24)15-8-12-4-1-2-6-16(12)27-18(15)25/h1-2,4,6,8-10,14H,3,5,7,11H2. The monoisotopic (exact) mass is 429 g/mol. The highest BCUT2D eigenvalue weighted by Gasteiger charge is 2.28. The van der Waals surface area contributed by atoms with Crippen molar-refractivity contribution in [1.29, 1.82) is 0 Å². The van der Waals surface area contributed by atoms with Gasteiger partial charge in [0.1, 0.15) is 17.3 Å². The fourth-order valence-corrected chi connectivity index (χ4v) is 3.32. The molecular weight excluding hydrogens is 414 g/mol. The van der Waals surface area contributed by atoms with Crippen LogP contribution in [0.25, 0.3) is 11.0 Å². The Labute approximate surface area is 163 Å². The maximum Gasteiger partial charge on any atom is 0.349 e. The number of carbonyl (C=O) groups is 1. The van der Waals surface area contributed by atoms with E-state index in [0.29, 0.717) is 24.1 Å². The number of para-hydroxylation sites is 1. The number of benzene rings is 1. The van der Waals surface area contributed by atoms with Crippen molar-refractivity contribution in [3.8, 4) is 6.01 Å². The number of amides is 1. The van der Waals surface area contributed by atoms with E-state index < -0.39 is 5.63 Å². The van der Waals surface area contributed by atoms with Gasteiger partial charge in [-0.25, -0.2) is 14.8 Å². The summed E-state index contributed by atoms with van der Waals surface area (Å²) in [7, 11) is 0. The van der Waals surface area contributed by atoms with Crippen LogP contribution in [-0.2, 0) is 0 Å². The molecule has 0 spiro atoms. The first-order valence-electron chi connectivity index (χ1n) is 8.56. The zero-order chi connectivity index (χ0) is 18.8. The fraction of sp³-hybridized carbons (Fsp3) is 0.263. The summed E-state index contributed by atoms with van der Waals surface area (Å²) in [6, 6.07) is 8.98. The summed E-state index contributed by atoms with van der Waals surface area (Å²) < 4.78 is 11.8. The highest BCUT2D eigenvalue weighted by Crippen LogP contribution is 2.19. The molecule has 27 heavy (non-hydrogen) atoms. The van der Waals surface area contributed by atoms with E-state index >= 15 is 0 Å². The molecule has 8 heteroatoms. The number of fused-ring (bicyclic) bond motifs is 1. The van der Waals surface area contributed by atoms with E-state index in [9.17, 15) is 9.59 Å². The number of aromatic nitrogens is 2. The molecule has 1 fully saturated rings. The molecule has 7 nitrogen and oxygen atoms in total. The average Bonchev–Trinajstić information content (AvgIpc) is 2.69. The van der Waals surface area contributed by atoms with Crippen molar-refractivity contribution in [3.63, 3.8) is 0 Å². The van der Waals surface area contributed by atoms with Crippen LogP contribution in [0.5, 0.6) is 6.01 Å². The Morgan fingerprint density at radius 1 is 1.26 bits per heavy atom. The summed E-state index contributed by atoms with van der Waals surface area (Å²) >= 11 is 3.28. The molecule has 1 amide bonds. The number of halogens is 1. The van der Waals surface area contributed by atoms with Crippen molar-refractivity contribution < 1.29 is 13.9 Å². The van der Waals surface area contributed by atoms with Crippen LogP contribution in [0.1, 0.15) is 23.2 Å². The van der Waals surface area contributed by atoms with Gasteiger partial charge in [-0.1, -0.05) is 18.2 Å². The van der Waals surface area contributed by atoms with Gasteiger partial charge in [0.05, 0.1) is 11.0 Å². The number of piperidine rings is 1. The number of ether oxygens (including phenoxy) is 1. The quantitative estimate of drug-likeness (QED) is 0.594. The first-order chi connectivity index (χ1) is 13.1. The largest absolute Gasteiger partial charge is 0.458 e. The smallest absolute Gasteiger partial charge is 0.349 e. The molecule has 1 atom stereocenters. The van der Waals surface area contributed by atoms with Crippen molar-refractivity contribution in [1.82, 2.24) is 14.9 Å². The lowest BCUT2D eigenvalue weighted by molar-refractivity contribution is 0.0512. The Balaban J connectivity index is 1.52. The Morgan fingerprint density at radius 2 is 2.04 bits per heavy atom. The van der Waals surface area contributed by atoms with E-state index in [1.165, 1.54) is 0 Å².